The van der Waals surface area contributed by atoms with Crippen molar-refractivity contribution >= 4 is 29.2 Å². The van der Waals surface area contributed by atoms with Crippen LogP contribution in [0.5, 0.6) is 5.75 Å². The van der Waals surface area contributed by atoms with Gasteiger partial charge in [0.05, 0.1) is 22.7 Å². The van der Waals surface area contributed by atoms with Gasteiger partial charge in [-0.15, -0.1) is 0 Å². The summed E-state index contributed by atoms with van der Waals surface area (Å²) >= 11 is 0. The van der Waals surface area contributed by atoms with E-state index < -0.39 is 46.7 Å². The first kappa shape index (κ1) is 25.7. The summed E-state index contributed by atoms with van der Waals surface area (Å²) < 4.78 is 39.5. The van der Waals surface area contributed by atoms with Crippen molar-refractivity contribution in [1.29, 1.82) is 0 Å². The van der Waals surface area contributed by atoms with Gasteiger partial charge >= 0.3 is 0 Å². The van der Waals surface area contributed by atoms with E-state index in [1.165, 1.54) is 0 Å². The van der Waals surface area contributed by atoms with Crippen LogP contribution < -0.4 is 11.1 Å². The highest BCUT2D eigenvalue weighted by molar-refractivity contribution is 5.97. The van der Waals surface area contributed by atoms with Crippen LogP contribution in [0.3, 0.4) is 0 Å². The molecule has 2 aromatic carbocycles. The number of benzene rings is 2. The Bertz CT molecular complexity index is 2170. The Hall–Kier alpha value is -5.98. The molecule has 0 spiro atoms. The third-order valence-corrected chi connectivity index (χ3v) is 7.61. The number of halogens is 2. The minimum absolute atomic E-state index is 0.290. The van der Waals surface area contributed by atoms with E-state index in [0.717, 1.165) is 16.8 Å². The molecule has 0 aliphatic heterocycles. The SMILES string of the molecule is [2H]C(=O)c1cc(C(=O)N[C@H]2CCc3cc(-n4c(-c5cccnc5N)nc5ccc(-n6cccn6)nc54)ccc32)c(F)c(F)c1O. The van der Waals surface area contributed by atoms with Crippen molar-refractivity contribution < 1.29 is 24.8 Å². The molecule has 0 saturated carbocycles. The predicted octanol–water partition coefficient (Wildman–Crippen LogP) is 4.46. The van der Waals surface area contributed by atoms with Crippen LogP contribution >= 0.6 is 0 Å². The number of anilines is 1. The van der Waals surface area contributed by atoms with Crippen LogP contribution in [0.15, 0.2) is 73.2 Å². The van der Waals surface area contributed by atoms with Gasteiger partial charge in [0, 0.05) is 24.3 Å². The van der Waals surface area contributed by atoms with Crippen molar-refractivity contribution in [2.75, 3.05) is 5.73 Å². The van der Waals surface area contributed by atoms with Gasteiger partial charge in [-0.1, -0.05) is 6.07 Å². The number of carbonyl (C=O) groups is 2. The first-order chi connectivity index (χ1) is 21.7. The number of pyridine rings is 2. The Morgan fingerprint density at radius 3 is 2.75 bits per heavy atom. The maximum absolute atomic E-state index is 14.6. The van der Waals surface area contributed by atoms with Crippen molar-refractivity contribution in [3.05, 3.63) is 107 Å². The molecule has 0 bridgehead atoms. The van der Waals surface area contributed by atoms with Crippen LogP contribution in [0.2, 0.25) is 0 Å². The first-order valence-electron chi connectivity index (χ1n) is 14.0. The zero-order valence-electron chi connectivity index (χ0n) is 23.7. The minimum Gasteiger partial charge on any atom is -0.504 e. The molecule has 1 aliphatic carbocycles. The number of nitrogen functional groups attached to an aromatic ring is 1. The summed E-state index contributed by atoms with van der Waals surface area (Å²) in [5.41, 5.74) is 8.81. The smallest absolute Gasteiger partial charge is 0.254 e. The molecule has 4 aromatic heterocycles. The molecular weight excluding hydrogens is 570 g/mol. The van der Waals surface area contributed by atoms with Crippen LogP contribution in [0.1, 0.15) is 45.7 Å². The van der Waals surface area contributed by atoms with Gasteiger partial charge in [0.2, 0.25) is 5.82 Å². The number of nitrogens with zero attached hydrogens (tertiary/aromatic N) is 6. The largest absolute Gasteiger partial charge is 0.504 e. The molecule has 0 unspecified atom stereocenters. The van der Waals surface area contributed by atoms with Gasteiger partial charge in [0.25, 0.3) is 5.91 Å². The van der Waals surface area contributed by atoms with Crippen LogP contribution in [-0.2, 0) is 6.42 Å². The summed E-state index contributed by atoms with van der Waals surface area (Å²) in [6, 6.07) is 14.8. The number of fused-ring (bicyclic) bond motifs is 2. The average molecular weight is 594 g/mol. The number of nitrogens with one attached hydrogen (secondary N) is 1. The summed E-state index contributed by atoms with van der Waals surface area (Å²) in [4.78, 5) is 38.4. The second kappa shape index (κ2) is 10.4. The fraction of sp³-hybridized carbons (Fsp3) is 0.0968. The summed E-state index contributed by atoms with van der Waals surface area (Å²) in [5, 5.41) is 16.7. The molecule has 0 radical (unpaired) electrons. The lowest BCUT2D eigenvalue weighted by atomic mass is 10.0. The van der Waals surface area contributed by atoms with E-state index in [1.807, 2.05) is 41.0 Å². The molecule has 7 rings (SSSR count). The molecule has 1 amide bonds. The first-order valence-corrected chi connectivity index (χ1v) is 13.5. The van der Waals surface area contributed by atoms with Gasteiger partial charge in [-0.05, 0) is 72.5 Å². The predicted molar refractivity (Wildman–Crippen MR) is 156 cm³/mol. The van der Waals surface area contributed by atoms with Crippen molar-refractivity contribution in [3.8, 4) is 28.6 Å². The number of imidazole rings is 1. The lowest BCUT2D eigenvalue weighted by molar-refractivity contribution is 0.0931. The second-order valence-corrected chi connectivity index (χ2v) is 10.2. The number of amides is 1. The van der Waals surface area contributed by atoms with Crippen LogP contribution in [0.4, 0.5) is 14.6 Å². The molecule has 0 saturated heterocycles. The number of hydrogen-bond acceptors (Lipinski definition) is 8. The monoisotopic (exact) mass is 593 g/mol. The number of hydrogen-bond donors (Lipinski definition) is 3. The number of aromatic hydroxyl groups is 1. The lowest BCUT2D eigenvalue weighted by Crippen LogP contribution is -2.28. The average Bonchev–Trinajstić information content (AvgIpc) is 3.79. The molecule has 4 N–H and O–H groups in total. The number of carbonyl (C=O) groups excluding carboxylic acids is 2. The molecule has 0 fully saturated rings. The van der Waals surface area contributed by atoms with Crippen LogP contribution in [0.25, 0.3) is 34.1 Å². The third kappa shape index (κ3) is 4.33. The number of aryl methyl sites for hydroxylation is 1. The Labute approximate surface area is 249 Å². The van der Waals surface area contributed by atoms with Gasteiger partial charge in [-0.3, -0.25) is 14.2 Å². The van der Waals surface area contributed by atoms with Crippen molar-refractivity contribution in [1.82, 2.24) is 34.6 Å². The number of aromatic nitrogens is 6. The summed E-state index contributed by atoms with van der Waals surface area (Å²) in [6.07, 6.45) is 4.59. The summed E-state index contributed by atoms with van der Waals surface area (Å²) in [5.74, 6) is -4.28. The van der Waals surface area contributed by atoms with E-state index in [4.69, 9.17) is 17.1 Å². The summed E-state index contributed by atoms with van der Waals surface area (Å²) in [6.45, 7) is 0. The molecule has 44 heavy (non-hydrogen) atoms. The van der Waals surface area contributed by atoms with E-state index in [1.54, 1.807) is 35.4 Å². The number of phenols is 1. The van der Waals surface area contributed by atoms with Gasteiger partial charge in [0.1, 0.15) is 12.7 Å². The maximum atomic E-state index is 14.6. The minimum atomic E-state index is -1.77. The van der Waals surface area contributed by atoms with E-state index in [0.29, 0.717) is 53.1 Å². The van der Waals surface area contributed by atoms with Gasteiger partial charge < -0.3 is 16.2 Å². The highest BCUT2D eigenvalue weighted by atomic mass is 19.2. The quantitative estimate of drug-likeness (QED) is 0.239. The van der Waals surface area contributed by atoms with Gasteiger partial charge in [-0.2, -0.15) is 9.49 Å². The Morgan fingerprint density at radius 2 is 1.98 bits per heavy atom. The van der Waals surface area contributed by atoms with E-state index in [-0.39, 0.29) is 0 Å². The molecular formula is C31H22F2N8O3. The standard InChI is InChI=1S/C31H22F2N8O3/c32-25-21(14-17(15-42)27(43)26(25)33)31(44)38-22-7-4-16-13-18(5-6-19(16)22)41-29(20-3-1-10-35-28(20)34)37-23-8-9-24(39-30(23)41)40-12-2-11-36-40/h1-3,5-6,8-15,22,43H,4,7H2,(H2,34,35)(H,38,44)/t22-/m0/s1/i15D. The van der Waals surface area contributed by atoms with Gasteiger partial charge in [0.15, 0.2) is 35.1 Å². The molecule has 13 heteroatoms. The molecule has 6 aromatic rings. The van der Waals surface area contributed by atoms with E-state index in [2.05, 4.69) is 15.4 Å². The fourth-order valence-corrected chi connectivity index (χ4v) is 5.50. The Balaban J connectivity index is 1.28. The summed E-state index contributed by atoms with van der Waals surface area (Å²) in [7, 11) is 0. The van der Waals surface area contributed by atoms with Crippen molar-refractivity contribution in [2.24, 2.45) is 0 Å². The lowest BCUT2D eigenvalue weighted by Gasteiger charge is -2.16. The number of aldehydes is 1. The Morgan fingerprint density at radius 1 is 1.11 bits per heavy atom. The number of nitrogens with two attached hydrogens (primary N) is 1. The topological polar surface area (TPSA) is 154 Å². The normalized spacial score (nSPS) is 14.4. The number of phenolic OH excluding ortho intramolecular Hbond substituents is 1. The zero-order valence-corrected chi connectivity index (χ0v) is 22.7. The van der Waals surface area contributed by atoms with Gasteiger partial charge in [-0.25, -0.2) is 24.0 Å². The zero-order chi connectivity index (χ0) is 31.4. The molecule has 1 atom stereocenters. The fourth-order valence-electron chi connectivity index (χ4n) is 5.50. The highest BCUT2D eigenvalue weighted by Gasteiger charge is 2.29. The Kier molecular flexibility index (Phi) is 6.07. The molecule has 1 aliphatic rings. The van der Waals surface area contributed by atoms with Crippen LogP contribution in [0, 0.1) is 11.6 Å². The van der Waals surface area contributed by atoms with Crippen LogP contribution in [-0.4, -0.2) is 46.6 Å². The van der Waals surface area contributed by atoms with Crippen molar-refractivity contribution in [3.63, 3.8) is 0 Å². The number of rotatable bonds is 6. The highest BCUT2D eigenvalue weighted by Crippen LogP contribution is 2.36. The molecule has 218 valence electrons. The van der Waals surface area contributed by atoms with Crippen molar-refractivity contribution in [2.45, 2.75) is 18.9 Å². The molecule has 4 heterocycles. The second-order valence-electron chi connectivity index (χ2n) is 10.2. The van der Waals surface area contributed by atoms with E-state index in [9.17, 15) is 23.5 Å². The maximum Gasteiger partial charge on any atom is 0.254 e. The third-order valence-electron chi connectivity index (χ3n) is 7.61. The molecule has 11 nitrogen and oxygen atoms in total. The van der Waals surface area contributed by atoms with E-state index >= 15 is 0 Å².